The number of morpholine rings is 1. The van der Waals surface area contributed by atoms with Crippen LogP contribution in [-0.2, 0) is 9.53 Å². The number of hydrogen-bond donors (Lipinski definition) is 1. The summed E-state index contributed by atoms with van der Waals surface area (Å²) in [5.41, 5.74) is -0.229. The highest BCUT2D eigenvalue weighted by Gasteiger charge is 2.54. The third-order valence-electron chi connectivity index (χ3n) is 6.72. The summed E-state index contributed by atoms with van der Waals surface area (Å²) >= 11 is 6.09. The van der Waals surface area contributed by atoms with Gasteiger partial charge in [0.15, 0.2) is 5.78 Å². The van der Waals surface area contributed by atoms with E-state index in [0.717, 1.165) is 18.7 Å². The summed E-state index contributed by atoms with van der Waals surface area (Å²) in [5.74, 6) is -0.538. The first kappa shape index (κ1) is 24.6. The molecule has 2 atom stereocenters. The van der Waals surface area contributed by atoms with Gasteiger partial charge in [-0.3, -0.25) is 14.6 Å². The van der Waals surface area contributed by atoms with Gasteiger partial charge in [-0.15, -0.1) is 0 Å². The highest BCUT2D eigenvalue weighted by molar-refractivity contribution is 6.30. The van der Waals surface area contributed by atoms with Gasteiger partial charge in [0.2, 0.25) is 0 Å². The lowest BCUT2D eigenvalue weighted by Crippen LogP contribution is -2.60. The molecule has 1 N–H and O–H groups in total. The highest BCUT2D eigenvalue weighted by Crippen LogP contribution is 2.39. The summed E-state index contributed by atoms with van der Waals surface area (Å²) in [4.78, 5) is 30.7. The first-order chi connectivity index (χ1) is 16.4. The number of Topliss-reactive ketones (excluding diaryl/α,β-unsaturated/α-hetero) is 1. The Hall–Kier alpha value is -2.52. The van der Waals surface area contributed by atoms with Crippen molar-refractivity contribution in [2.24, 2.45) is 0 Å². The van der Waals surface area contributed by atoms with Gasteiger partial charge in [-0.2, -0.15) is 0 Å². The first-order valence-electron chi connectivity index (χ1n) is 11.4. The van der Waals surface area contributed by atoms with Crippen molar-refractivity contribution in [1.29, 1.82) is 0 Å². The summed E-state index contributed by atoms with van der Waals surface area (Å²) in [6, 6.07) is 12.6. The topological polar surface area (TPSA) is 71.1 Å². The molecule has 0 spiro atoms. The number of ketones is 1. The van der Waals surface area contributed by atoms with Gasteiger partial charge in [0.1, 0.15) is 17.1 Å². The molecular formula is C25H29ClFN3O4. The van der Waals surface area contributed by atoms with Gasteiger partial charge in [-0.05, 0) is 42.0 Å². The van der Waals surface area contributed by atoms with Crippen LogP contribution in [0.5, 0.6) is 5.75 Å². The standard InChI is InChI=1S/C25H29ClFN3O4/c1-29(24(32)34-21-8-6-20(27)7-9-21)25(23(31)10-11-30-12-14-33-15-13-30)17-28-16-22(25)18-2-4-19(26)5-3-18/h2-9,22,28H,10-17H2,1H3/t22-,25+/m0/s1. The van der Waals surface area contributed by atoms with Crippen molar-refractivity contribution in [3.8, 4) is 5.75 Å². The summed E-state index contributed by atoms with van der Waals surface area (Å²) in [6.45, 7) is 4.29. The van der Waals surface area contributed by atoms with Crippen molar-refractivity contribution in [2.75, 3.05) is 53.0 Å². The maximum absolute atomic E-state index is 13.9. The van der Waals surface area contributed by atoms with E-state index < -0.39 is 17.4 Å². The number of ether oxygens (including phenoxy) is 2. The number of benzene rings is 2. The largest absolute Gasteiger partial charge is 0.415 e. The van der Waals surface area contributed by atoms with Gasteiger partial charge in [0, 0.05) is 57.1 Å². The molecule has 0 aromatic heterocycles. The Morgan fingerprint density at radius 3 is 2.53 bits per heavy atom. The van der Waals surface area contributed by atoms with Crippen LogP contribution in [0.4, 0.5) is 9.18 Å². The molecule has 2 saturated heterocycles. The van der Waals surface area contributed by atoms with E-state index in [-0.39, 0.29) is 17.5 Å². The van der Waals surface area contributed by atoms with Crippen LogP contribution in [0.1, 0.15) is 17.9 Å². The Labute approximate surface area is 203 Å². The molecule has 9 heteroatoms. The van der Waals surface area contributed by atoms with E-state index in [9.17, 15) is 14.0 Å². The Kier molecular flexibility index (Phi) is 7.83. The molecule has 0 aliphatic carbocycles. The molecule has 0 unspecified atom stereocenters. The first-order valence-corrected chi connectivity index (χ1v) is 11.8. The quantitative estimate of drug-likeness (QED) is 0.643. The lowest BCUT2D eigenvalue weighted by atomic mass is 9.76. The summed E-state index contributed by atoms with van der Waals surface area (Å²) < 4.78 is 24.2. The maximum atomic E-state index is 13.9. The molecule has 2 fully saturated rings. The lowest BCUT2D eigenvalue weighted by molar-refractivity contribution is -0.130. The minimum Gasteiger partial charge on any atom is -0.410 e. The van der Waals surface area contributed by atoms with Crippen molar-refractivity contribution in [3.63, 3.8) is 0 Å². The highest BCUT2D eigenvalue weighted by atomic mass is 35.5. The molecule has 2 heterocycles. The van der Waals surface area contributed by atoms with Crippen molar-refractivity contribution in [2.45, 2.75) is 17.9 Å². The van der Waals surface area contributed by atoms with Crippen molar-refractivity contribution >= 4 is 23.5 Å². The molecule has 2 aromatic rings. The number of carbonyl (C=O) groups is 2. The van der Waals surface area contributed by atoms with E-state index in [1.165, 1.54) is 29.2 Å². The van der Waals surface area contributed by atoms with Crippen LogP contribution in [0.15, 0.2) is 48.5 Å². The van der Waals surface area contributed by atoms with Gasteiger partial charge in [-0.1, -0.05) is 23.7 Å². The number of amides is 1. The SMILES string of the molecule is CN(C(=O)Oc1ccc(F)cc1)[C@]1(C(=O)CCN2CCOCC2)CNC[C@H]1c1ccc(Cl)cc1. The predicted octanol–water partition coefficient (Wildman–Crippen LogP) is 3.33. The molecule has 7 nitrogen and oxygen atoms in total. The van der Waals surface area contributed by atoms with Gasteiger partial charge >= 0.3 is 6.09 Å². The average Bonchev–Trinajstić information content (AvgIpc) is 3.30. The van der Waals surface area contributed by atoms with E-state index in [0.29, 0.717) is 44.3 Å². The average molecular weight is 490 g/mol. The number of nitrogens with zero attached hydrogens (tertiary/aromatic N) is 2. The molecule has 2 aromatic carbocycles. The normalized spacial score (nSPS) is 23.0. The number of nitrogens with one attached hydrogen (secondary N) is 1. The zero-order chi connectivity index (χ0) is 24.1. The van der Waals surface area contributed by atoms with Crippen LogP contribution in [0.25, 0.3) is 0 Å². The van der Waals surface area contributed by atoms with Crippen molar-refractivity contribution < 1.29 is 23.5 Å². The predicted molar refractivity (Wildman–Crippen MR) is 127 cm³/mol. The fraction of sp³-hybridized carbons (Fsp3) is 0.440. The Morgan fingerprint density at radius 2 is 1.85 bits per heavy atom. The zero-order valence-corrected chi connectivity index (χ0v) is 19.9. The maximum Gasteiger partial charge on any atom is 0.415 e. The molecule has 0 bridgehead atoms. The van der Waals surface area contributed by atoms with Gasteiger partial charge < -0.3 is 14.8 Å². The minimum atomic E-state index is -1.14. The Bertz CT molecular complexity index is 998. The number of carbonyl (C=O) groups excluding carboxylic acids is 2. The Morgan fingerprint density at radius 1 is 1.18 bits per heavy atom. The van der Waals surface area contributed by atoms with Crippen LogP contribution in [-0.4, -0.2) is 80.2 Å². The number of rotatable bonds is 7. The van der Waals surface area contributed by atoms with E-state index in [1.54, 1.807) is 19.2 Å². The second-order valence-corrected chi connectivity index (χ2v) is 9.10. The van der Waals surface area contributed by atoms with Crippen LogP contribution < -0.4 is 10.1 Å². The second kappa shape index (κ2) is 10.8. The fourth-order valence-corrected chi connectivity index (χ4v) is 4.88. The van der Waals surface area contributed by atoms with Gasteiger partial charge in [0.25, 0.3) is 0 Å². The molecule has 4 rings (SSSR count). The smallest absolute Gasteiger partial charge is 0.410 e. The molecule has 182 valence electrons. The van der Waals surface area contributed by atoms with E-state index in [1.807, 2.05) is 12.1 Å². The van der Waals surface area contributed by atoms with Crippen LogP contribution in [0.2, 0.25) is 5.02 Å². The van der Waals surface area contributed by atoms with E-state index in [4.69, 9.17) is 21.1 Å². The van der Waals surface area contributed by atoms with Gasteiger partial charge in [0.05, 0.1) is 13.2 Å². The third kappa shape index (κ3) is 5.25. The van der Waals surface area contributed by atoms with Gasteiger partial charge in [-0.25, -0.2) is 9.18 Å². The molecule has 1 amide bonds. The molecular weight excluding hydrogens is 461 g/mol. The Balaban J connectivity index is 1.60. The molecule has 2 aliphatic heterocycles. The fourth-order valence-electron chi connectivity index (χ4n) is 4.76. The molecule has 2 aliphatic rings. The summed E-state index contributed by atoms with van der Waals surface area (Å²) in [5, 5.41) is 3.92. The summed E-state index contributed by atoms with van der Waals surface area (Å²) in [7, 11) is 1.59. The van der Waals surface area contributed by atoms with E-state index in [2.05, 4.69) is 10.2 Å². The van der Waals surface area contributed by atoms with Crippen LogP contribution in [0.3, 0.4) is 0 Å². The molecule has 0 saturated carbocycles. The van der Waals surface area contributed by atoms with Crippen molar-refractivity contribution in [1.82, 2.24) is 15.1 Å². The lowest BCUT2D eigenvalue weighted by Gasteiger charge is -2.41. The third-order valence-corrected chi connectivity index (χ3v) is 6.98. The monoisotopic (exact) mass is 489 g/mol. The van der Waals surface area contributed by atoms with Crippen LogP contribution >= 0.6 is 11.6 Å². The number of halogens is 2. The summed E-state index contributed by atoms with van der Waals surface area (Å²) in [6.07, 6.45) is -0.381. The van der Waals surface area contributed by atoms with Crippen LogP contribution in [0, 0.1) is 5.82 Å². The minimum absolute atomic E-state index is 0.0394. The molecule has 34 heavy (non-hydrogen) atoms. The van der Waals surface area contributed by atoms with Crippen molar-refractivity contribution in [3.05, 3.63) is 64.9 Å². The number of hydrogen-bond acceptors (Lipinski definition) is 6. The van der Waals surface area contributed by atoms with E-state index >= 15 is 0 Å². The second-order valence-electron chi connectivity index (χ2n) is 8.67. The number of likely N-dealkylation sites (N-methyl/N-ethyl adjacent to an activating group) is 1. The molecule has 0 radical (unpaired) electrons. The zero-order valence-electron chi connectivity index (χ0n) is 19.1.